The Labute approximate surface area is 244 Å². The number of ether oxygens (including phenoxy) is 4. The van der Waals surface area contributed by atoms with Gasteiger partial charge >= 0.3 is 5.97 Å². The maximum atomic E-state index is 12.9. The first kappa shape index (κ1) is 29.6. The van der Waals surface area contributed by atoms with Crippen LogP contribution in [0.1, 0.15) is 5.56 Å². The van der Waals surface area contributed by atoms with Crippen LogP contribution in [-0.2, 0) is 14.3 Å². The summed E-state index contributed by atoms with van der Waals surface area (Å²) in [7, 11) is 1.21. The molecule has 5 atom stereocenters. The minimum Gasteiger partial charge on any atom is -0.508 e. The summed E-state index contributed by atoms with van der Waals surface area (Å²) in [6, 6.07) is 17.3. The van der Waals surface area contributed by atoms with E-state index in [0.29, 0.717) is 5.56 Å². The number of methoxy groups -OCH3 is 1. The number of hydrogen-bond acceptors (Lipinski definition) is 12. The average molecular weight is 593 g/mol. The Morgan fingerprint density at radius 3 is 2.37 bits per heavy atom. The van der Waals surface area contributed by atoms with Crippen molar-refractivity contribution in [2.75, 3.05) is 13.7 Å². The predicted octanol–water partition coefficient (Wildman–Crippen LogP) is 2.32. The maximum absolute atomic E-state index is 12.9. The van der Waals surface area contributed by atoms with Crippen LogP contribution in [0.15, 0.2) is 82.0 Å². The first-order chi connectivity index (χ1) is 20.7. The largest absolute Gasteiger partial charge is 0.508 e. The smallest absolute Gasteiger partial charge is 0.330 e. The van der Waals surface area contributed by atoms with Crippen LogP contribution in [0.25, 0.3) is 28.4 Å². The molecule has 224 valence electrons. The number of carbonyl (C=O) groups excluding carboxylic acids is 1. The summed E-state index contributed by atoms with van der Waals surface area (Å²) in [5.41, 5.74) is 0.528. The van der Waals surface area contributed by atoms with Crippen LogP contribution in [0, 0.1) is 0 Å². The van der Waals surface area contributed by atoms with Crippen LogP contribution >= 0.6 is 0 Å². The number of benzene rings is 3. The van der Waals surface area contributed by atoms with Gasteiger partial charge in [0.05, 0.1) is 7.11 Å². The number of rotatable bonds is 8. The first-order valence-electron chi connectivity index (χ1n) is 13.1. The molecule has 1 aromatic heterocycles. The topological polar surface area (TPSA) is 185 Å². The molecule has 5 rings (SSSR count). The molecule has 1 saturated heterocycles. The summed E-state index contributed by atoms with van der Waals surface area (Å²) in [6.07, 6.45) is -5.41. The fourth-order valence-electron chi connectivity index (χ4n) is 4.53. The van der Waals surface area contributed by atoms with Gasteiger partial charge < -0.3 is 48.9 Å². The van der Waals surface area contributed by atoms with Crippen molar-refractivity contribution in [3.05, 3.63) is 88.6 Å². The lowest BCUT2D eigenvalue weighted by Crippen LogP contribution is -2.60. The van der Waals surface area contributed by atoms with Crippen LogP contribution in [0.2, 0.25) is 0 Å². The molecule has 3 aromatic carbocycles. The van der Waals surface area contributed by atoms with Crippen LogP contribution in [0.5, 0.6) is 23.0 Å². The molecule has 1 aliphatic rings. The second kappa shape index (κ2) is 12.5. The predicted molar refractivity (Wildman–Crippen MR) is 152 cm³/mol. The van der Waals surface area contributed by atoms with Crippen LogP contribution in [-0.4, -0.2) is 75.9 Å². The zero-order valence-electron chi connectivity index (χ0n) is 22.7. The van der Waals surface area contributed by atoms with Gasteiger partial charge in [-0.05, 0) is 35.9 Å². The molecule has 0 radical (unpaired) electrons. The van der Waals surface area contributed by atoms with E-state index in [2.05, 4.69) is 0 Å². The zero-order chi connectivity index (χ0) is 30.7. The minimum atomic E-state index is -1.78. The van der Waals surface area contributed by atoms with E-state index >= 15 is 0 Å². The number of phenols is 2. The summed E-state index contributed by atoms with van der Waals surface area (Å²) in [5.74, 6) is -1.72. The third-order valence-corrected chi connectivity index (χ3v) is 6.78. The van der Waals surface area contributed by atoms with E-state index in [0.717, 1.165) is 5.56 Å². The Morgan fingerprint density at radius 2 is 1.67 bits per heavy atom. The summed E-state index contributed by atoms with van der Waals surface area (Å²) in [4.78, 5) is 25.1. The molecule has 0 saturated carbocycles. The number of aromatic hydroxyl groups is 2. The maximum Gasteiger partial charge on any atom is 0.330 e. The van der Waals surface area contributed by atoms with Crippen LogP contribution < -0.4 is 14.9 Å². The van der Waals surface area contributed by atoms with Crippen molar-refractivity contribution in [2.45, 2.75) is 30.7 Å². The standard InChI is InChI=1S/C31H28O12/c1-39-30-22(14-21-25(27(30)36)19(33)13-20(41-21)17-8-10-18(32)11-9-17)42-31-29(38)28(37)26(35)23(43-31)15-40-24(34)12-7-16-5-3-2-4-6-16/h2-14,23,26,28-29,31-32,35-38H,15H2,1H3/t23-,26-,28+,29-,31-/m1/s1. The zero-order valence-corrected chi connectivity index (χ0v) is 22.7. The normalized spacial score (nSPS) is 22.0. The number of carbonyl (C=O) groups is 1. The van der Waals surface area contributed by atoms with Gasteiger partial charge in [-0.15, -0.1) is 0 Å². The number of hydrogen-bond donors (Lipinski definition) is 5. The Morgan fingerprint density at radius 1 is 0.953 bits per heavy atom. The Balaban J connectivity index is 1.39. The number of aliphatic hydroxyl groups is 3. The quantitative estimate of drug-likeness (QED) is 0.149. The Bertz CT molecular complexity index is 1680. The third-order valence-electron chi connectivity index (χ3n) is 6.78. The van der Waals surface area contributed by atoms with E-state index in [-0.39, 0.29) is 34.0 Å². The molecule has 1 aliphatic heterocycles. The van der Waals surface area contributed by atoms with Gasteiger partial charge in [0, 0.05) is 23.8 Å². The van der Waals surface area contributed by atoms with Crippen molar-refractivity contribution in [3.8, 4) is 34.3 Å². The van der Waals surface area contributed by atoms with E-state index < -0.39 is 54.5 Å². The number of fused-ring (bicyclic) bond motifs is 1. The average Bonchev–Trinajstić information content (AvgIpc) is 3.00. The van der Waals surface area contributed by atoms with Crippen molar-refractivity contribution in [1.29, 1.82) is 0 Å². The van der Waals surface area contributed by atoms with Gasteiger partial charge in [-0.1, -0.05) is 30.3 Å². The van der Waals surface area contributed by atoms with Gasteiger partial charge in [-0.3, -0.25) is 4.79 Å². The van der Waals surface area contributed by atoms with Gasteiger partial charge in [-0.2, -0.15) is 0 Å². The summed E-state index contributed by atoms with van der Waals surface area (Å²) >= 11 is 0. The molecule has 43 heavy (non-hydrogen) atoms. The van der Waals surface area contributed by atoms with Crippen molar-refractivity contribution in [1.82, 2.24) is 0 Å². The van der Waals surface area contributed by atoms with E-state index in [9.17, 15) is 35.1 Å². The Kier molecular flexibility index (Phi) is 8.64. The van der Waals surface area contributed by atoms with Gasteiger partial charge in [0.25, 0.3) is 0 Å². The number of phenolic OH excluding ortho intramolecular Hbond substituents is 2. The lowest BCUT2D eigenvalue weighted by Gasteiger charge is -2.40. The second-order valence-corrected chi connectivity index (χ2v) is 9.66. The second-order valence-electron chi connectivity index (χ2n) is 9.66. The monoisotopic (exact) mass is 592 g/mol. The molecule has 2 heterocycles. The lowest BCUT2D eigenvalue weighted by molar-refractivity contribution is -0.278. The van der Waals surface area contributed by atoms with Crippen molar-refractivity contribution in [2.24, 2.45) is 0 Å². The molecule has 0 aliphatic carbocycles. The minimum absolute atomic E-state index is 0.0139. The molecule has 0 bridgehead atoms. The molecule has 5 N–H and O–H groups in total. The highest BCUT2D eigenvalue weighted by atomic mass is 16.7. The van der Waals surface area contributed by atoms with Gasteiger partial charge in [-0.25, -0.2) is 4.79 Å². The molecule has 12 heteroatoms. The van der Waals surface area contributed by atoms with E-state index in [4.69, 9.17) is 23.4 Å². The number of aliphatic hydroxyl groups excluding tert-OH is 3. The molecule has 0 amide bonds. The van der Waals surface area contributed by atoms with Crippen LogP contribution in [0.4, 0.5) is 0 Å². The van der Waals surface area contributed by atoms with E-state index in [1.54, 1.807) is 24.3 Å². The highest BCUT2D eigenvalue weighted by Crippen LogP contribution is 2.43. The van der Waals surface area contributed by atoms with Gasteiger partial charge in [0.15, 0.2) is 16.9 Å². The highest BCUT2D eigenvalue weighted by Gasteiger charge is 2.46. The molecule has 0 unspecified atom stereocenters. The lowest BCUT2D eigenvalue weighted by atomic mass is 9.99. The third kappa shape index (κ3) is 6.32. The fraction of sp³-hybridized carbons (Fsp3) is 0.226. The van der Waals surface area contributed by atoms with Crippen molar-refractivity contribution < 1.29 is 53.7 Å². The highest BCUT2D eigenvalue weighted by molar-refractivity contribution is 5.89. The van der Waals surface area contributed by atoms with E-state index in [1.165, 1.54) is 55.7 Å². The number of esters is 1. The van der Waals surface area contributed by atoms with Gasteiger partial charge in [0.1, 0.15) is 53.5 Å². The molecule has 0 spiro atoms. The molecule has 4 aromatic rings. The van der Waals surface area contributed by atoms with E-state index in [1.807, 2.05) is 6.07 Å². The van der Waals surface area contributed by atoms with Crippen molar-refractivity contribution in [3.63, 3.8) is 0 Å². The summed E-state index contributed by atoms with van der Waals surface area (Å²) < 4.78 is 27.7. The molecule has 1 fully saturated rings. The van der Waals surface area contributed by atoms with Gasteiger partial charge in [0.2, 0.25) is 12.0 Å². The Hall–Kier alpha value is -4.88. The van der Waals surface area contributed by atoms with Crippen LogP contribution in [0.3, 0.4) is 0 Å². The summed E-state index contributed by atoms with van der Waals surface area (Å²) in [5, 5.41) is 51.8. The molecular formula is C31H28O12. The SMILES string of the molecule is COc1c(O[C@@H]2O[C@H](COC(=O)C=Cc3ccccc3)[C@@H](O)[C@H](O)[C@H]2O)cc2oc(-c3ccc(O)cc3)cc(=O)c2c1O. The molecule has 12 nitrogen and oxygen atoms in total. The first-order valence-corrected chi connectivity index (χ1v) is 13.1. The fourth-order valence-corrected chi connectivity index (χ4v) is 4.53. The molecular weight excluding hydrogens is 564 g/mol. The van der Waals surface area contributed by atoms with Crippen molar-refractivity contribution >= 4 is 23.0 Å². The summed E-state index contributed by atoms with van der Waals surface area (Å²) in [6.45, 7) is -0.492.